The van der Waals surface area contributed by atoms with Crippen LogP contribution in [0.4, 0.5) is 5.69 Å². The van der Waals surface area contributed by atoms with Crippen LogP contribution in [0.15, 0.2) is 29.3 Å². The van der Waals surface area contributed by atoms with E-state index in [1.807, 2.05) is 0 Å². The number of morpholine rings is 1. The lowest BCUT2D eigenvalue weighted by molar-refractivity contribution is 0.0583. The van der Waals surface area contributed by atoms with Gasteiger partial charge in [-0.1, -0.05) is 18.2 Å². The number of nitrogens with zero attached hydrogens (tertiary/aromatic N) is 2. The Balaban J connectivity index is 1.83. The van der Waals surface area contributed by atoms with E-state index in [1.165, 1.54) is 11.3 Å². The van der Waals surface area contributed by atoms with Crippen molar-refractivity contribution in [2.75, 3.05) is 37.9 Å². The summed E-state index contributed by atoms with van der Waals surface area (Å²) < 4.78 is 5.75. The van der Waals surface area contributed by atoms with Gasteiger partial charge in [-0.25, -0.2) is 0 Å². The molecule has 3 aliphatic rings. The van der Waals surface area contributed by atoms with Crippen LogP contribution in [0.1, 0.15) is 5.56 Å². The Labute approximate surface area is 113 Å². The van der Waals surface area contributed by atoms with E-state index in [4.69, 9.17) is 4.74 Å². The molecule has 1 aromatic rings. The number of ether oxygens (including phenoxy) is 1. The Hall–Kier alpha value is -1.39. The van der Waals surface area contributed by atoms with Gasteiger partial charge in [-0.15, -0.1) is 0 Å². The minimum absolute atomic E-state index is 0.0903. The van der Waals surface area contributed by atoms with Crippen molar-refractivity contribution in [1.29, 1.82) is 0 Å². The fraction of sp³-hybridized carbons (Fsp3) is 0.533. The Morgan fingerprint density at radius 1 is 1.37 bits per heavy atom. The molecule has 4 rings (SSSR count). The van der Waals surface area contributed by atoms with Crippen molar-refractivity contribution in [3.8, 4) is 0 Å². The zero-order valence-corrected chi connectivity index (χ0v) is 11.0. The summed E-state index contributed by atoms with van der Waals surface area (Å²) in [6.07, 6.45) is 3.25. The summed E-state index contributed by atoms with van der Waals surface area (Å²) in [6.45, 7) is 4.36. The molecule has 4 nitrogen and oxygen atoms in total. The molecule has 1 aromatic carbocycles. The van der Waals surface area contributed by atoms with Crippen molar-refractivity contribution < 1.29 is 4.74 Å². The van der Waals surface area contributed by atoms with E-state index in [-0.39, 0.29) is 5.41 Å². The molecule has 3 heterocycles. The highest BCUT2D eigenvalue weighted by Gasteiger charge is 2.47. The number of rotatable bonds is 0. The zero-order valence-electron chi connectivity index (χ0n) is 11.0. The van der Waals surface area contributed by atoms with E-state index in [2.05, 4.69) is 45.7 Å². The van der Waals surface area contributed by atoms with E-state index in [1.54, 1.807) is 0 Å². The van der Waals surface area contributed by atoms with Crippen LogP contribution >= 0.6 is 0 Å². The molecule has 0 radical (unpaired) electrons. The highest BCUT2D eigenvalue weighted by atomic mass is 16.5. The van der Waals surface area contributed by atoms with E-state index in [9.17, 15) is 0 Å². The summed E-state index contributed by atoms with van der Waals surface area (Å²) in [5.74, 6) is 0. The lowest BCUT2D eigenvalue weighted by atomic mass is 9.71. The molecule has 0 amide bonds. The number of fused-ring (bicyclic) bond motifs is 4. The minimum atomic E-state index is 0.0903. The maximum Gasteiger partial charge on any atom is 0.0881 e. The minimum Gasteiger partial charge on any atom is -0.377 e. The summed E-state index contributed by atoms with van der Waals surface area (Å²) in [5.41, 5.74) is 2.92. The molecule has 19 heavy (non-hydrogen) atoms. The molecule has 2 atom stereocenters. The fourth-order valence-corrected chi connectivity index (χ4v) is 3.72. The number of anilines is 1. The van der Waals surface area contributed by atoms with Gasteiger partial charge in [0.15, 0.2) is 0 Å². The second kappa shape index (κ2) is 4.32. The second-order valence-corrected chi connectivity index (χ2v) is 5.72. The van der Waals surface area contributed by atoms with Crippen molar-refractivity contribution in [2.24, 2.45) is 10.4 Å². The van der Waals surface area contributed by atoms with Gasteiger partial charge in [-0.3, -0.25) is 10.3 Å². The normalized spacial score (nSPS) is 33.1. The lowest BCUT2D eigenvalue weighted by Crippen LogP contribution is -2.63. The van der Waals surface area contributed by atoms with Crippen LogP contribution in [0.25, 0.3) is 0 Å². The summed E-state index contributed by atoms with van der Waals surface area (Å²) in [7, 11) is 0. The van der Waals surface area contributed by atoms with E-state index in [0.717, 1.165) is 39.4 Å². The molecule has 0 bridgehead atoms. The van der Waals surface area contributed by atoms with E-state index >= 15 is 0 Å². The van der Waals surface area contributed by atoms with Gasteiger partial charge in [0.05, 0.1) is 25.9 Å². The molecule has 0 aliphatic carbocycles. The third-order valence-electron chi connectivity index (χ3n) is 4.62. The number of nitrogens with one attached hydrogen (secondary N) is 1. The van der Waals surface area contributed by atoms with Gasteiger partial charge >= 0.3 is 0 Å². The van der Waals surface area contributed by atoms with Crippen LogP contribution in [0.2, 0.25) is 0 Å². The SMILES string of the molecule is C1=NCNCC12Cc1ccccc1N1CCOCC12. The average Bonchev–Trinajstić information content (AvgIpc) is 2.49. The molecule has 0 aromatic heterocycles. The largest absolute Gasteiger partial charge is 0.377 e. The van der Waals surface area contributed by atoms with Crippen LogP contribution < -0.4 is 10.2 Å². The molecule has 0 saturated carbocycles. The average molecular weight is 257 g/mol. The molecule has 2 unspecified atom stereocenters. The third-order valence-corrected chi connectivity index (χ3v) is 4.62. The van der Waals surface area contributed by atoms with E-state index < -0.39 is 0 Å². The second-order valence-electron chi connectivity index (χ2n) is 5.72. The topological polar surface area (TPSA) is 36.9 Å². The van der Waals surface area contributed by atoms with Gasteiger partial charge < -0.3 is 9.64 Å². The molecule has 1 fully saturated rings. The van der Waals surface area contributed by atoms with E-state index in [0.29, 0.717) is 6.04 Å². The molecule has 1 saturated heterocycles. The van der Waals surface area contributed by atoms with Gasteiger partial charge in [0, 0.05) is 30.4 Å². The predicted octanol–water partition coefficient (Wildman–Crippen LogP) is 1.07. The first kappa shape index (κ1) is 11.4. The van der Waals surface area contributed by atoms with Crippen molar-refractivity contribution in [3.63, 3.8) is 0 Å². The smallest absolute Gasteiger partial charge is 0.0881 e. The highest BCUT2D eigenvalue weighted by molar-refractivity contribution is 5.74. The quantitative estimate of drug-likeness (QED) is 0.755. The summed E-state index contributed by atoms with van der Waals surface area (Å²) in [5, 5.41) is 3.43. The van der Waals surface area contributed by atoms with Crippen LogP contribution in [0.3, 0.4) is 0 Å². The third kappa shape index (κ3) is 1.70. The first-order valence-electron chi connectivity index (χ1n) is 7.03. The lowest BCUT2D eigenvalue weighted by Gasteiger charge is -2.52. The number of aliphatic imine (C=N–C) groups is 1. The molecule has 100 valence electrons. The van der Waals surface area contributed by atoms with Gasteiger partial charge in [0.25, 0.3) is 0 Å². The molecule has 1 N–H and O–H groups in total. The molecule has 3 aliphatic heterocycles. The van der Waals surface area contributed by atoms with Crippen LogP contribution in [-0.2, 0) is 11.2 Å². The Morgan fingerprint density at radius 3 is 3.21 bits per heavy atom. The van der Waals surface area contributed by atoms with Crippen LogP contribution in [-0.4, -0.2) is 45.2 Å². The summed E-state index contributed by atoms with van der Waals surface area (Å²) >= 11 is 0. The maximum absolute atomic E-state index is 5.75. The van der Waals surface area contributed by atoms with Gasteiger partial charge in [-0.05, 0) is 18.1 Å². The first-order valence-corrected chi connectivity index (χ1v) is 7.03. The highest BCUT2D eigenvalue weighted by Crippen LogP contribution is 2.41. The number of hydrogen-bond donors (Lipinski definition) is 1. The fourth-order valence-electron chi connectivity index (χ4n) is 3.72. The van der Waals surface area contributed by atoms with Crippen molar-refractivity contribution in [1.82, 2.24) is 5.32 Å². The molecular weight excluding hydrogens is 238 g/mol. The van der Waals surface area contributed by atoms with Crippen LogP contribution in [0.5, 0.6) is 0 Å². The molecular formula is C15H19N3O. The van der Waals surface area contributed by atoms with Crippen LogP contribution in [0, 0.1) is 5.41 Å². The molecule has 4 heteroatoms. The summed E-state index contributed by atoms with van der Waals surface area (Å²) in [4.78, 5) is 7.03. The first-order chi connectivity index (χ1) is 9.39. The van der Waals surface area contributed by atoms with Gasteiger partial charge in [-0.2, -0.15) is 0 Å². The van der Waals surface area contributed by atoms with Crippen molar-refractivity contribution in [2.45, 2.75) is 12.5 Å². The number of para-hydroxylation sites is 1. The van der Waals surface area contributed by atoms with Gasteiger partial charge in [0.2, 0.25) is 0 Å². The monoisotopic (exact) mass is 257 g/mol. The van der Waals surface area contributed by atoms with Crippen molar-refractivity contribution >= 4 is 11.9 Å². The maximum atomic E-state index is 5.75. The molecule has 1 spiro atoms. The standard InChI is InChI=1S/C15H19N3O/c1-2-4-13-12(3-1)7-15(9-16-11-17-10-15)14-8-19-6-5-18(13)14/h1-4,9,14,17H,5-8,10-11H2. The zero-order chi connectivity index (χ0) is 12.7. The summed E-state index contributed by atoms with van der Waals surface area (Å²) in [6, 6.07) is 9.18. The van der Waals surface area contributed by atoms with Gasteiger partial charge in [0.1, 0.15) is 0 Å². The predicted molar refractivity (Wildman–Crippen MR) is 75.9 cm³/mol. The number of benzene rings is 1. The number of hydrogen-bond acceptors (Lipinski definition) is 4. The Kier molecular flexibility index (Phi) is 2.60. The van der Waals surface area contributed by atoms with Crippen molar-refractivity contribution in [3.05, 3.63) is 29.8 Å². The Bertz CT molecular complexity index is 516. The Morgan fingerprint density at radius 2 is 2.32 bits per heavy atom.